The molecule has 0 aliphatic carbocycles. The van der Waals surface area contributed by atoms with Gasteiger partial charge in [-0.3, -0.25) is 9.59 Å². The summed E-state index contributed by atoms with van der Waals surface area (Å²) in [6.07, 6.45) is 0.857. The molecule has 6 heteroatoms. The summed E-state index contributed by atoms with van der Waals surface area (Å²) < 4.78 is 0. The van der Waals surface area contributed by atoms with E-state index < -0.39 is 0 Å². The highest BCUT2D eigenvalue weighted by Crippen LogP contribution is 2.17. The van der Waals surface area contributed by atoms with Gasteiger partial charge in [0.15, 0.2) is 5.16 Å². The van der Waals surface area contributed by atoms with E-state index in [-0.39, 0.29) is 17.2 Å². The number of carbonyl (C=O) groups excluding carboxylic acids is 1. The third-order valence-electron chi connectivity index (χ3n) is 2.86. The Balaban J connectivity index is 1.97. The van der Waals surface area contributed by atoms with Crippen LogP contribution in [0.15, 0.2) is 40.3 Å². The summed E-state index contributed by atoms with van der Waals surface area (Å²) in [7, 11) is 0. The Kier molecular flexibility index (Phi) is 5.16. The lowest BCUT2D eigenvalue weighted by Crippen LogP contribution is -2.16. The first-order valence-electron chi connectivity index (χ1n) is 6.67. The molecule has 1 aromatic carbocycles. The van der Waals surface area contributed by atoms with Crippen LogP contribution in [-0.2, 0) is 11.2 Å². The van der Waals surface area contributed by atoms with Crippen molar-refractivity contribution in [2.75, 3.05) is 11.1 Å². The molecule has 0 aliphatic heterocycles. The van der Waals surface area contributed by atoms with Crippen LogP contribution in [0.2, 0.25) is 0 Å². The number of rotatable bonds is 5. The smallest absolute Gasteiger partial charge is 0.251 e. The average molecular weight is 303 g/mol. The predicted octanol–water partition coefficient (Wildman–Crippen LogP) is 2.37. The van der Waals surface area contributed by atoms with Crippen LogP contribution in [0, 0.1) is 6.92 Å². The molecule has 0 radical (unpaired) electrons. The van der Waals surface area contributed by atoms with Gasteiger partial charge in [-0.05, 0) is 25.0 Å². The van der Waals surface area contributed by atoms with Gasteiger partial charge in [0, 0.05) is 17.4 Å². The van der Waals surface area contributed by atoms with Crippen molar-refractivity contribution < 1.29 is 4.79 Å². The first-order valence-corrected chi connectivity index (χ1v) is 7.65. The van der Waals surface area contributed by atoms with E-state index in [1.807, 2.05) is 31.2 Å². The highest BCUT2D eigenvalue weighted by Gasteiger charge is 2.07. The van der Waals surface area contributed by atoms with Crippen molar-refractivity contribution in [3.8, 4) is 0 Å². The zero-order chi connectivity index (χ0) is 15.2. The second-order valence-electron chi connectivity index (χ2n) is 4.54. The van der Waals surface area contributed by atoms with Crippen LogP contribution in [-0.4, -0.2) is 21.6 Å². The standard InChI is InChI=1S/C15H17N3O2S/c1-3-11-6-4-5-7-12(11)17-14(20)9-21-15-16-10(2)8-13(19)18-15/h4-8H,3,9H2,1-2H3,(H,17,20)(H,16,18,19). The Hall–Kier alpha value is -2.08. The monoisotopic (exact) mass is 303 g/mol. The topological polar surface area (TPSA) is 74.8 Å². The SMILES string of the molecule is CCc1ccccc1NC(=O)CSc1nc(C)cc(=O)[nH]1. The van der Waals surface area contributed by atoms with E-state index in [9.17, 15) is 9.59 Å². The number of anilines is 1. The zero-order valence-electron chi connectivity index (χ0n) is 12.0. The Labute approximate surface area is 127 Å². The van der Waals surface area contributed by atoms with Crippen LogP contribution < -0.4 is 10.9 Å². The largest absolute Gasteiger partial charge is 0.325 e. The molecular weight excluding hydrogens is 286 g/mol. The number of hydrogen-bond acceptors (Lipinski definition) is 4. The Morgan fingerprint density at radius 2 is 2.14 bits per heavy atom. The van der Waals surface area contributed by atoms with Gasteiger partial charge in [0.2, 0.25) is 5.91 Å². The Bertz CT molecular complexity index is 697. The van der Waals surface area contributed by atoms with Crippen molar-refractivity contribution in [2.45, 2.75) is 25.4 Å². The molecule has 0 atom stereocenters. The maximum absolute atomic E-state index is 12.0. The van der Waals surface area contributed by atoms with E-state index in [0.717, 1.165) is 17.7 Å². The number of para-hydroxylation sites is 1. The van der Waals surface area contributed by atoms with Gasteiger partial charge in [0.1, 0.15) is 0 Å². The number of aryl methyl sites for hydroxylation is 2. The van der Waals surface area contributed by atoms with E-state index in [4.69, 9.17) is 0 Å². The lowest BCUT2D eigenvalue weighted by molar-refractivity contribution is -0.113. The molecule has 0 spiro atoms. The average Bonchev–Trinajstić information content (AvgIpc) is 2.45. The summed E-state index contributed by atoms with van der Waals surface area (Å²) >= 11 is 1.21. The zero-order valence-corrected chi connectivity index (χ0v) is 12.8. The van der Waals surface area contributed by atoms with Gasteiger partial charge in [-0.1, -0.05) is 36.9 Å². The minimum absolute atomic E-state index is 0.120. The van der Waals surface area contributed by atoms with E-state index in [0.29, 0.717) is 10.9 Å². The molecule has 2 aromatic rings. The summed E-state index contributed by atoms with van der Waals surface area (Å²) in [5.41, 5.74) is 2.36. The molecule has 0 bridgehead atoms. The highest BCUT2D eigenvalue weighted by atomic mass is 32.2. The molecule has 110 valence electrons. The molecular formula is C15H17N3O2S. The summed E-state index contributed by atoms with van der Waals surface area (Å²) in [6.45, 7) is 3.79. The molecule has 0 unspecified atom stereocenters. The van der Waals surface area contributed by atoms with Gasteiger partial charge < -0.3 is 10.3 Å². The number of aromatic nitrogens is 2. The number of amides is 1. The fraction of sp³-hybridized carbons (Fsp3) is 0.267. The third-order valence-corrected chi connectivity index (χ3v) is 3.73. The van der Waals surface area contributed by atoms with E-state index in [1.165, 1.54) is 17.8 Å². The normalized spacial score (nSPS) is 10.4. The van der Waals surface area contributed by atoms with Crippen LogP contribution in [0.1, 0.15) is 18.2 Å². The summed E-state index contributed by atoms with van der Waals surface area (Å²) in [6, 6.07) is 9.13. The summed E-state index contributed by atoms with van der Waals surface area (Å²) in [4.78, 5) is 30.1. The van der Waals surface area contributed by atoms with Crippen molar-refractivity contribution in [1.29, 1.82) is 0 Å². The second kappa shape index (κ2) is 7.08. The molecule has 1 amide bonds. The maximum atomic E-state index is 12.0. The Morgan fingerprint density at radius 1 is 1.38 bits per heavy atom. The number of thioether (sulfide) groups is 1. The minimum Gasteiger partial charge on any atom is -0.325 e. The maximum Gasteiger partial charge on any atom is 0.251 e. The summed E-state index contributed by atoms with van der Waals surface area (Å²) in [5.74, 6) is 0.0785. The molecule has 5 nitrogen and oxygen atoms in total. The van der Waals surface area contributed by atoms with Gasteiger partial charge in [0.05, 0.1) is 5.75 Å². The molecule has 0 saturated carbocycles. The fourth-order valence-electron chi connectivity index (χ4n) is 1.89. The quantitative estimate of drug-likeness (QED) is 0.657. The Morgan fingerprint density at radius 3 is 2.86 bits per heavy atom. The van der Waals surface area contributed by atoms with Crippen LogP contribution in [0.3, 0.4) is 0 Å². The first kappa shape index (κ1) is 15.3. The van der Waals surface area contributed by atoms with Crippen molar-refractivity contribution in [3.63, 3.8) is 0 Å². The second-order valence-corrected chi connectivity index (χ2v) is 5.50. The number of nitrogens with one attached hydrogen (secondary N) is 2. The van der Waals surface area contributed by atoms with E-state index >= 15 is 0 Å². The number of nitrogens with zero attached hydrogens (tertiary/aromatic N) is 1. The molecule has 1 aromatic heterocycles. The van der Waals surface area contributed by atoms with E-state index in [2.05, 4.69) is 15.3 Å². The molecule has 2 rings (SSSR count). The number of aromatic amines is 1. The third kappa shape index (κ3) is 4.46. The van der Waals surface area contributed by atoms with Gasteiger partial charge in [-0.25, -0.2) is 4.98 Å². The van der Waals surface area contributed by atoms with Gasteiger partial charge in [-0.15, -0.1) is 0 Å². The summed E-state index contributed by atoms with van der Waals surface area (Å²) in [5, 5.41) is 3.34. The lowest BCUT2D eigenvalue weighted by atomic mass is 10.1. The molecule has 21 heavy (non-hydrogen) atoms. The van der Waals surface area contributed by atoms with Crippen LogP contribution in [0.25, 0.3) is 0 Å². The van der Waals surface area contributed by atoms with Crippen LogP contribution >= 0.6 is 11.8 Å². The van der Waals surface area contributed by atoms with Gasteiger partial charge >= 0.3 is 0 Å². The molecule has 1 heterocycles. The number of benzene rings is 1. The minimum atomic E-state index is -0.207. The van der Waals surface area contributed by atoms with Crippen molar-refractivity contribution in [2.24, 2.45) is 0 Å². The van der Waals surface area contributed by atoms with Gasteiger partial charge in [-0.2, -0.15) is 0 Å². The van der Waals surface area contributed by atoms with Crippen LogP contribution in [0.4, 0.5) is 5.69 Å². The number of carbonyl (C=O) groups is 1. The van der Waals surface area contributed by atoms with Crippen molar-refractivity contribution >= 4 is 23.4 Å². The fourth-order valence-corrected chi connectivity index (χ4v) is 2.61. The molecule has 0 aliphatic rings. The van der Waals surface area contributed by atoms with Crippen molar-refractivity contribution in [3.05, 3.63) is 51.9 Å². The van der Waals surface area contributed by atoms with Crippen LogP contribution in [0.5, 0.6) is 0 Å². The molecule has 0 fully saturated rings. The number of hydrogen-bond donors (Lipinski definition) is 2. The first-order chi connectivity index (χ1) is 10.1. The highest BCUT2D eigenvalue weighted by molar-refractivity contribution is 7.99. The van der Waals surface area contributed by atoms with E-state index in [1.54, 1.807) is 6.92 Å². The molecule has 2 N–H and O–H groups in total. The lowest BCUT2D eigenvalue weighted by Gasteiger charge is -2.09. The molecule has 0 saturated heterocycles. The number of H-pyrrole nitrogens is 1. The van der Waals surface area contributed by atoms with Gasteiger partial charge in [0.25, 0.3) is 5.56 Å². The predicted molar refractivity (Wildman–Crippen MR) is 84.8 cm³/mol. The van der Waals surface area contributed by atoms with Crippen molar-refractivity contribution in [1.82, 2.24) is 9.97 Å².